The highest BCUT2D eigenvalue weighted by Crippen LogP contribution is 2.22. The van der Waals surface area contributed by atoms with Crippen LogP contribution in [0.1, 0.15) is 18.1 Å². The number of nitro groups is 2. The van der Waals surface area contributed by atoms with Crippen molar-refractivity contribution < 1.29 is 23.9 Å². The molecule has 0 aliphatic carbocycles. The quantitative estimate of drug-likeness (QED) is 0.202. The van der Waals surface area contributed by atoms with E-state index in [1.54, 1.807) is 59.4 Å². The van der Waals surface area contributed by atoms with E-state index in [-0.39, 0.29) is 11.4 Å². The van der Waals surface area contributed by atoms with Crippen LogP contribution >= 0.6 is 0 Å². The van der Waals surface area contributed by atoms with Gasteiger partial charge in [0.05, 0.1) is 9.85 Å². The lowest BCUT2D eigenvalue weighted by molar-refractivity contribution is -0.578. The largest absolute Gasteiger partial charge is 0.420 e. The maximum atomic E-state index is 11.3. The summed E-state index contributed by atoms with van der Waals surface area (Å²) < 4.78 is 6.79. The molecule has 0 saturated heterocycles. The van der Waals surface area contributed by atoms with Crippen molar-refractivity contribution in [3.8, 4) is 5.75 Å². The Bertz CT molecular complexity index is 1160. The van der Waals surface area contributed by atoms with Gasteiger partial charge >= 0.3 is 5.97 Å². The minimum atomic E-state index is -0.498. The highest BCUT2D eigenvalue weighted by molar-refractivity contribution is 5.77. The molecule has 9 heteroatoms. The molecule has 0 unspecified atom stereocenters. The number of ether oxygens (including phenoxy) is 1. The number of benzene rings is 2. The average Bonchev–Trinajstić information content (AvgIpc) is 2.72. The number of rotatable bonds is 6. The van der Waals surface area contributed by atoms with Crippen molar-refractivity contribution in [2.24, 2.45) is 0 Å². The van der Waals surface area contributed by atoms with E-state index in [9.17, 15) is 25.0 Å². The SMILES string of the molecule is CC(=O)Oc1ccc[n+](C(=Cc2cccc([N+](=O)[O-])c2)c2ccc([N+](=O)[O-])cc2)c1. The first-order valence-electron chi connectivity index (χ1n) is 8.74. The summed E-state index contributed by atoms with van der Waals surface area (Å²) in [6.07, 6.45) is 4.98. The molecule has 0 atom stereocenters. The van der Waals surface area contributed by atoms with Crippen LogP contribution in [-0.2, 0) is 4.79 Å². The smallest absolute Gasteiger partial charge is 0.308 e. The Balaban J connectivity index is 2.14. The number of hydrogen-bond donors (Lipinski definition) is 0. The Kier molecular flexibility index (Phi) is 5.92. The molecule has 9 nitrogen and oxygen atoms in total. The molecule has 0 aliphatic rings. The third-order valence-corrected chi connectivity index (χ3v) is 4.07. The number of carbonyl (C=O) groups is 1. The van der Waals surface area contributed by atoms with E-state index in [0.29, 0.717) is 22.6 Å². The van der Waals surface area contributed by atoms with Crippen LogP contribution in [0.5, 0.6) is 5.75 Å². The summed E-state index contributed by atoms with van der Waals surface area (Å²) in [6, 6.07) is 15.2. The van der Waals surface area contributed by atoms with Gasteiger partial charge in [-0.25, -0.2) is 0 Å². The normalized spacial score (nSPS) is 11.0. The van der Waals surface area contributed by atoms with Crippen LogP contribution in [0.15, 0.2) is 73.1 Å². The fourth-order valence-electron chi connectivity index (χ4n) is 2.78. The van der Waals surface area contributed by atoms with Crippen LogP contribution in [0.3, 0.4) is 0 Å². The van der Waals surface area contributed by atoms with Crippen LogP contribution in [0.25, 0.3) is 11.8 Å². The van der Waals surface area contributed by atoms with Crippen LogP contribution in [0, 0.1) is 20.2 Å². The number of nitrogens with zero attached hydrogens (tertiary/aromatic N) is 3. The second kappa shape index (κ2) is 8.74. The predicted molar refractivity (Wildman–Crippen MR) is 107 cm³/mol. The lowest BCUT2D eigenvalue weighted by Gasteiger charge is -2.05. The van der Waals surface area contributed by atoms with Crippen molar-refractivity contribution in [3.05, 3.63) is 104 Å². The summed E-state index contributed by atoms with van der Waals surface area (Å²) >= 11 is 0. The first-order valence-corrected chi connectivity index (χ1v) is 8.74. The van der Waals surface area contributed by atoms with Crippen molar-refractivity contribution in [1.82, 2.24) is 0 Å². The molecule has 30 heavy (non-hydrogen) atoms. The van der Waals surface area contributed by atoms with Gasteiger partial charge in [-0.1, -0.05) is 12.1 Å². The monoisotopic (exact) mass is 406 g/mol. The van der Waals surface area contributed by atoms with E-state index in [0.717, 1.165) is 0 Å². The summed E-state index contributed by atoms with van der Waals surface area (Å²) in [4.78, 5) is 32.4. The van der Waals surface area contributed by atoms with Crippen molar-refractivity contribution >= 4 is 29.1 Å². The van der Waals surface area contributed by atoms with E-state index in [2.05, 4.69) is 0 Å². The Morgan fingerprint density at radius 1 is 0.967 bits per heavy atom. The molecule has 1 aromatic heterocycles. The van der Waals surface area contributed by atoms with Gasteiger partial charge in [-0.05, 0) is 23.8 Å². The van der Waals surface area contributed by atoms with Crippen molar-refractivity contribution in [2.75, 3.05) is 0 Å². The van der Waals surface area contributed by atoms with Gasteiger partial charge in [0.2, 0.25) is 11.9 Å². The van der Waals surface area contributed by atoms with Gasteiger partial charge in [-0.3, -0.25) is 25.0 Å². The zero-order chi connectivity index (χ0) is 21.7. The van der Waals surface area contributed by atoms with Gasteiger partial charge in [-0.15, -0.1) is 0 Å². The number of nitro benzene ring substituents is 2. The second-order valence-electron chi connectivity index (χ2n) is 6.23. The Labute approximate surface area is 170 Å². The standard InChI is InChI=1S/C21H16N3O6/c1-15(25)30-20-6-3-11-22(14-20)21(17-7-9-18(10-8-17)23(26)27)13-16-4-2-5-19(12-16)24(28)29/h2-14H,1H3/q+1. The minimum Gasteiger partial charge on any atom is -0.420 e. The van der Waals surface area contributed by atoms with E-state index in [1.807, 2.05) is 0 Å². The Morgan fingerprint density at radius 3 is 2.30 bits per heavy atom. The third-order valence-electron chi connectivity index (χ3n) is 4.07. The highest BCUT2D eigenvalue weighted by atomic mass is 16.6. The van der Waals surface area contributed by atoms with Crippen LogP contribution in [0.2, 0.25) is 0 Å². The fourth-order valence-corrected chi connectivity index (χ4v) is 2.78. The van der Waals surface area contributed by atoms with Gasteiger partial charge in [0.1, 0.15) is 0 Å². The topological polar surface area (TPSA) is 116 Å². The van der Waals surface area contributed by atoms with Crippen molar-refractivity contribution in [3.63, 3.8) is 0 Å². The predicted octanol–water partition coefficient (Wildman–Crippen LogP) is 3.76. The third kappa shape index (κ3) is 4.90. The van der Waals surface area contributed by atoms with Crippen LogP contribution in [0.4, 0.5) is 11.4 Å². The summed E-state index contributed by atoms with van der Waals surface area (Å²) in [6.45, 7) is 1.29. The average molecular weight is 406 g/mol. The lowest BCUT2D eigenvalue weighted by Crippen LogP contribution is -2.32. The van der Waals surface area contributed by atoms with Gasteiger partial charge in [0, 0.05) is 48.9 Å². The number of aromatic nitrogens is 1. The summed E-state index contributed by atoms with van der Waals surface area (Å²) in [5, 5.41) is 22.1. The van der Waals surface area contributed by atoms with Gasteiger partial charge < -0.3 is 4.74 Å². The van der Waals surface area contributed by atoms with Gasteiger partial charge in [-0.2, -0.15) is 4.57 Å². The first-order chi connectivity index (χ1) is 14.3. The molecule has 0 spiro atoms. The highest BCUT2D eigenvalue weighted by Gasteiger charge is 2.17. The van der Waals surface area contributed by atoms with E-state index < -0.39 is 15.8 Å². The minimum absolute atomic E-state index is 0.0629. The zero-order valence-corrected chi connectivity index (χ0v) is 15.8. The first kappa shape index (κ1) is 20.3. The molecule has 0 saturated carbocycles. The van der Waals surface area contributed by atoms with Crippen molar-refractivity contribution in [1.29, 1.82) is 0 Å². The second-order valence-corrected chi connectivity index (χ2v) is 6.23. The molecular weight excluding hydrogens is 390 g/mol. The van der Waals surface area contributed by atoms with E-state index >= 15 is 0 Å². The molecular formula is C21H16N3O6+. The molecule has 0 fully saturated rings. The maximum absolute atomic E-state index is 11.3. The molecule has 0 bridgehead atoms. The van der Waals surface area contributed by atoms with Crippen LogP contribution < -0.4 is 9.30 Å². The molecule has 150 valence electrons. The van der Waals surface area contributed by atoms with E-state index in [1.165, 1.54) is 31.2 Å². The summed E-state index contributed by atoms with van der Waals surface area (Å²) in [5.74, 6) is -0.177. The summed E-state index contributed by atoms with van der Waals surface area (Å²) in [5.41, 5.74) is 1.62. The molecule has 3 rings (SSSR count). The van der Waals surface area contributed by atoms with Crippen molar-refractivity contribution in [2.45, 2.75) is 6.92 Å². The molecule has 0 amide bonds. The van der Waals surface area contributed by atoms with E-state index in [4.69, 9.17) is 4.74 Å². The Morgan fingerprint density at radius 2 is 1.67 bits per heavy atom. The number of non-ortho nitro benzene ring substituents is 2. The number of carbonyl (C=O) groups excluding carboxylic acids is 1. The zero-order valence-electron chi connectivity index (χ0n) is 15.8. The number of hydrogen-bond acceptors (Lipinski definition) is 6. The molecule has 3 aromatic rings. The summed E-state index contributed by atoms with van der Waals surface area (Å²) in [7, 11) is 0. The van der Waals surface area contributed by atoms with Crippen LogP contribution in [-0.4, -0.2) is 15.8 Å². The molecule has 0 radical (unpaired) electrons. The molecule has 1 heterocycles. The number of pyridine rings is 1. The fraction of sp³-hybridized carbons (Fsp3) is 0.0476. The maximum Gasteiger partial charge on any atom is 0.308 e. The lowest BCUT2D eigenvalue weighted by atomic mass is 10.1. The molecule has 2 aromatic carbocycles. The Hall–Kier alpha value is -4.40. The van der Waals surface area contributed by atoms with Gasteiger partial charge in [0.15, 0.2) is 11.9 Å². The molecule has 0 aliphatic heterocycles. The number of esters is 1. The van der Waals surface area contributed by atoms with Gasteiger partial charge in [0.25, 0.3) is 11.4 Å². The molecule has 0 N–H and O–H groups in total.